The van der Waals surface area contributed by atoms with Crippen LogP contribution in [0.25, 0.3) is 21.8 Å². The van der Waals surface area contributed by atoms with E-state index in [9.17, 15) is 4.79 Å². The minimum absolute atomic E-state index is 0.119. The summed E-state index contributed by atoms with van der Waals surface area (Å²) in [5, 5.41) is 5.14. The molecular formula is C19H24N4O. The average Bonchev–Trinajstić information content (AvgIpc) is 3.00. The molecule has 3 rings (SSSR count). The lowest BCUT2D eigenvalue weighted by molar-refractivity contribution is 0.0948. The highest BCUT2D eigenvalue weighted by Crippen LogP contribution is 2.26. The topological polar surface area (TPSA) is 61.0 Å². The molecule has 0 aliphatic carbocycles. The van der Waals surface area contributed by atoms with E-state index in [-0.39, 0.29) is 5.91 Å². The quantitative estimate of drug-likeness (QED) is 0.656. The highest BCUT2D eigenvalue weighted by molar-refractivity contribution is 6.13. The third-order valence-electron chi connectivity index (χ3n) is 4.47. The van der Waals surface area contributed by atoms with Crippen LogP contribution in [0, 0.1) is 0 Å². The number of nitrogens with zero attached hydrogens (tertiary/aromatic N) is 2. The molecule has 0 spiro atoms. The Balaban J connectivity index is 1.73. The standard InChI is InChI=1S/C19H24N4O/c1-3-23(4-2)13-7-11-21-19(24)18-17-15(10-12-20-18)14-8-5-6-9-16(14)22-17/h5-6,8-10,12,22H,3-4,7,11,13H2,1-2H3,(H,21,24). The van der Waals surface area contributed by atoms with Crippen molar-refractivity contribution in [3.05, 3.63) is 42.2 Å². The molecule has 0 aliphatic heterocycles. The van der Waals surface area contributed by atoms with E-state index in [0.717, 1.165) is 47.9 Å². The molecule has 0 atom stereocenters. The molecule has 0 saturated carbocycles. The zero-order valence-electron chi connectivity index (χ0n) is 14.3. The van der Waals surface area contributed by atoms with Crippen molar-refractivity contribution in [3.63, 3.8) is 0 Å². The van der Waals surface area contributed by atoms with Crippen molar-refractivity contribution >= 4 is 27.7 Å². The van der Waals surface area contributed by atoms with Crippen molar-refractivity contribution < 1.29 is 4.79 Å². The Morgan fingerprint density at radius 3 is 2.75 bits per heavy atom. The van der Waals surface area contributed by atoms with Gasteiger partial charge in [0.15, 0.2) is 5.69 Å². The molecule has 0 saturated heterocycles. The van der Waals surface area contributed by atoms with Crippen LogP contribution in [-0.2, 0) is 0 Å². The molecule has 1 amide bonds. The Morgan fingerprint density at radius 1 is 1.17 bits per heavy atom. The first kappa shape index (κ1) is 16.5. The Hall–Kier alpha value is -2.40. The highest BCUT2D eigenvalue weighted by atomic mass is 16.1. The first-order chi connectivity index (χ1) is 11.7. The number of hydrogen-bond donors (Lipinski definition) is 2. The SMILES string of the molecule is CCN(CC)CCCNC(=O)c1nccc2c1[nH]c1ccccc12. The Kier molecular flexibility index (Phi) is 5.11. The van der Waals surface area contributed by atoms with Crippen LogP contribution in [0.3, 0.4) is 0 Å². The first-order valence-electron chi connectivity index (χ1n) is 8.60. The summed E-state index contributed by atoms with van der Waals surface area (Å²) >= 11 is 0. The van der Waals surface area contributed by atoms with Gasteiger partial charge in [0, 0.05) is 29.0 Å². The van der Waals surface area contributed by atoms with Crippen molar-refractivity contribution in [2.45, 2.75) is 20.3 Å². The van der Waals surface area contributed by atoms with E-state index >= 15 is 0 Å². The number of para-hydroxylation sites is 1. The minimum Gasteiger partial charge on any atom is -0.353 e. The molecule has 0 aliphatic rings. The maximum atomic E-state index is 12.5. The summed E-state index contributed by atoms with van der Waals surface area (Å²) in [4.78, 5) is 22.5. The van der Waals surface area contributed by atoms with Crippen molar-refractivity contribution in [2.24, 2.45) is 0 Å². The number of aromatic amines is 1. The van der Waals surface area contributed by atoms with Crippen LogP contribution >= 0.6 is 0 Å². The normalized spacial score (nSPS) is 11.5. The van der Waals surface area contributed by atoms with Gasteiger partial charge in [-0.15, -0.1) is 0 Å². The summed E-state index contributed by atoms with van der Waals surface area (Å²) in [6, 6.07) is 10.0. The van der Waals surface area contributed by atoms with Crippen LogP contribution in [0.5, 0.6) is 0 Å². The summed E-state index contributed by atoms with van der Waals surface area (Å²) in [6.07, 6.45) is 2.64. The number of benzene rings is 1. The molecule has 5 nitrogen and oxygen atoms in total. The summed E-state index contributed by atoms with van der Waals surface area (Å²) in [5.41, 5.74) is 2.29. The number of carbonyl (C=O) groups is 1. The van der Waals surface area contributed by atoms with Crippen LogP contribution in [-0.4, -0.2) is 47.0 Å². The molecule has 0 unspecified atom stereocenters. The second-order valence-corrected chi connectivity index (χ2v) is 5.89. The molecule has 0 radical (unpaired) electrons. The van der Waals surface area contributed by atoms with E-state index in [1.165, 1.54) is 0 Å². The lowest BCUT2D eigenvalue weighted by atomic mass is 10.1. The van der Waals surface area contributed by atoms with E-state index < -0.39 is 0 Å². The van der Waals surface area contributed by atoms with Gasteiger partial charge in [-0.2, -0.15) is 0 Å². The van der Waals surface area contributed by atoms with Gasteiger partial charge in [-0.25, -0.2) is 4.98 Å². The number of rotatable bonds is 7. The fourth-order valence-electron chi connectivity index (χ4n) is 3.07. The van der Waals surface area contributed by atoms with E-state index in [2.05, 4.69) is 40.1 Å². The highest BCUT2D eigenvalue weighted by Gasteiger charge is 2.14. The smallest absolute Gasteiger partial charge is 0.272 e. The maximum Gasteiger partial charge on any atom is 0.272 e. The van der Waals surface area contributed by atoms with Gasteiger partial charge in [0.1, 0.15) is 0 Å². The van der Waals surface area contributed by atoms with E-state index in [1.807, 2.05) is 24.3 Å². The molecular weight excluding hydrogens is 300 g/mol. The van der Waals surface area contributed by atoms with Crippen LogP contribution in [0.15, 0.2) is 36.5 Å². The number of amides is 1. The zero-order chi connectivity index (χ0) is 16.9. The number of fused-ring (bicyclic) bond motifs is 3. The molecule has 5 heteroatoms. The minimum atomic E-state index is -0.119. The number of nitrogens with one attached hydrogen (secondary N) is 2. The van der Waals surface area contributed by atoms with Crippen LogP contribution in [0.1, 0.15) is 30.8 Å². The van der Waals surface area contributed by atoms with Gasteiger partial charge in [0.05, 0.1) is 5.52 Å². The van der Waals surface area contributed by atoms with Gasteiger partial charge in [-0.3, -0.25) is 4.79 Å². The van der Waals surface area contributed by atoms with Crippen LogP contribution < -0.4 is 5.32 Å². The first-order valence-corrected chi connectivity index (χ1v) is 8.60. The summed E-state index contributed by atoms with van der Waals surface area (Å²) < 4.78 is 0. The predicted molar refractivity (Wildman–Crippen MR) is 98.3 cm³/mol. The Labute approximate surface area is 142 Å². The molecule has 0 fully saturated rings. The maximum absolute atomic E-state index is 12.5. The lowest BCUT2D eigenvalue weighted by Gasteiger charge is -2.17. The molecule has 0 bridgehead atoms. The number of aromatic nitrogens is 2. The average molecular weight is 324 g/mol. The summed E-state index contributed by atoms with van der Waals surface area (Å²) in [6.45, 7) is 8.05. The molecule has 2 heterocycles. The second kappa shape index (κ2) is 7.45. The molecule has 1 aromatic carbocycles. The van der Waals surface area contributed by atoms with Gasteiger partial charge in [-0.1, -0.05) is 32.0 Å². The van der Waals surface area contributed by atoms with Crippen LogP contribution in [0.4, 0.5) is 0 Å². The number of H-pyrrole nitrogens is 1. The number of hydrogen-bond acceptors (Lipinski definition) is 3. The predicted octanol–water partition coefficient (Wildman–Crippen LogP) is 3.18. The monoisotopic (exact) mass is 324 g/mol. The van der Waals surface area contributed by atoms with E-state index in [1.54, 1.807) is 6.20 Å². The number of pyridine rings is 1. The second-order valence-electron chi connectivity index (χ2n) is 5.89. The number of carbonyl (C=O) groups excluding carboxylic acids is 1. The van der Waals surface area contributed by atoms with Crippen molar-refractivity contribution in [1.29, 1.82) is 0 Å². The zero-order valence-corrected chi connectivity index (χ0v) is 14.3. The van der Waals surface area contributed by atoms with Crippen molar-refractivity contribution in [1.82, 2.24) is 20.2 Å². The van der Waals surface area contributed by atoms with Crippen LogP contribution in [0.2, 0.25) is 0 Å². The van der Waals surface area contributed by atoms with Gasteiger partial charge in [0.25, 0.3) is 5.91 Å². The van der Waals surface area contributed by atoms with E-state index in [0.29, 0.717) is 12.2 Å². The molecule has 2 N–H and O–H groups in total. The fraction of sp³-hybridized carbons (Fsp3) is 0.368. The van der Waals surface area contributed by atoms with E-state index in [4.69, 9.17) is 0 Å². The Morgan fingerprint density at radius 2 is 1.96 bits per heavy atom. The summed E-state index contributed by atoms with van der Waals surface area (Å²) in [5.74, 6) is -0.119. The van der Waals surface area contributed by atoms with Gasteiger partial charge >= 0.3 is 0 Å². The molecule has 3 aromatic rings. The largest absolute Gasteiger partial charge is 0.353 e. The third kappa shape index (κ3) is 3.26. The van der Waals surface area contributed by atoms with Gasteiger partial charge in [-0.05, 0) is 38.2 Å². The summed E-state index contributed by atoms with van der Waals surface area (Å²) in [7, 11) is 0. The Bertz CT molecular complexity index is 836. The molecule has 24 heavy (non-hydrogen) atoms. The fourth-order valence-corrected chi connectivity index (χ4v) is 3.07. The van der Waals surface area contributed by atoms with Crippen molar-refractivity contribution in [2.75, 3.05) is 26.2 Å². The van der Waals surface area contributed by atoms with Gasteiger partial charge in [0.2, 0.25) is 0 Å². The third-order valence-corrected chi connectivity index (χ3v) is 4.47. The van der Waals surface area contributed by atoms with Crippen molar-refractivity contribution in [3.8, 4) is 0 Å². The lowest BCUT2D eigenvalue weighted by Crippen LogP contribution is -2.30. The molecule has 126 valence electrons. The van der Waals surface area contributed by atoms with Gasteiger partial charge < -0.3 is 15.2 Å². The molecule has 2 aromatic heterocycles.